The van der Waals surface area contributed by atoms with Crippen molar-refractivity contribution in [3.8, 4) is 0 Å². The van der Waals surface area contributed by atoms with Gasteiger partial charge in [0.1, 0.15) is 9.84 Å². The van der Waals surface area contributed by atoms with Gasteiger partial charge >= 0.3 is 0 Å². The van der Waals surface area contributed by atoms with Crippen LogP contribution in [0.2, 0.25) is 10.0 Å². The summed E-state index contributed by atoms with van der Waals surface area (Å²) in [4.78, 5) is 17.0. The summed E-state index contributed by atoms with van der Waals surface area (Å²) in [5.41, 5.74) is 1.36. The first-order valence-electron chi connectivity index (χ1n) is 8.63. The van der Waals surface area contributed by atoms with Crippen molar-refractivity contribution in [1.29, 1.82) is 0 Å². The van der Waals surface area contributed by atoms with Crippen LogP contribution in [-0.2, 0) is 9.84 Å². The molecule has 1 aliphatic heterocycles. The van der Waals surface area contributed by atoms with Crippen LogP contribution in [0.25, 0.3) is 11.0 Å². The van der Waals surface area contributed by atoms with Gasteiger partial charge < -0.3 is 5.32 Å². The number of aromatic nitrogens is 3. The molecule has 28 heavy (non-hydrogen) atoms. The fraction of sp³-hybridized carbons (Fsp3) is 0.278. The van der Waals surface area contributed by atoms with E-state index >= 15 is 0 Å². The van der Waals surface area contributed by atoms with E-state index in [1.54, 1.807) is 35.1 Å². The lowest BCUT2D eigenvalue weighted by atomic mass is 10.1. The molecule has 0 radical (unpaired) electrons. The number of fused-ring (bicyclic) bond motifs is 1. The SMILES string of the molecule is O=C(Nc1ccc(Cl)cc1)c1cnc2c(cnn2C2CCS(=O)(=O)CC2)c1Cl. The fourth-order valence-electron chi connectivity index (χ4n) is 3.25. The number of hydrogen-bond acceptors (Lipinski definition) is 5. The Morgan fingerprint density at radius 2 is 1.79 bits per heavy atom. The number of rotatable bonds is 3. The highest BCUT2D eigenvalue weighted by Crippen LogP contribution is 2.31. The second kappa shape index (κ2) is 7.35. The van der Waals surface area contributed by atoms with Gasteiger partial charge in [-0.05, 0) is 37.1 Å². The molecule has 7 nitrogen and oxygen atoms in total. The van der Waals surface area contributed by atoms with Crippen LogP contribution < -0.4 is 5.32 Å². The molecule has 0 aliphatic carbocycles. The van der Waals surface area contributed by atoms with Crippen molar-refractivity contribution in [3.63, 3.8) is 0 Å². The standard InChI is InChI=1S/C18H16Cl2N4O3S/c19-11-1-3-12(4-2-11)23-18(25)15-9-21-17-14(16(15)20)10-22-24(17)13-5-7-28(26,27)8-6-13/h1-4,9-10,13H,5-8H2,(H,23,25). The minimum absolute atomic E-state index is 0.0571. The van der Waals surface area contributed by atoms with Gasteiger partial charge in [0.15, 0.2) is 5.65 Å². The lowest BCUT2D eigenvalue weighted by Gasteiger charge is -2.22. The number of nitrogens with one attached hydrogen (secondary N) is 1. The molecule has 0 unspecified atom stereocenters. The second-order valence-electron chi connectivity index (χ2n) is 6.66. The Bertz CT molecular complexity index is 1150. The fourth-order valence-corrected chi connectivity index (χ4v) is 5.11. The van der Waals surface area contributed by atoms with E-state index < -0.39 is 15.7 Å². The lowest BCUT2D eigenvalue weighted by molar-refractivity contribution is 0.102. The van der Waals surface area contributed by atoms with Crippen LogP contribution in [0, 0.1) is 0 Å². The predicted octanol–water partition coefficient (Wildman–Crippen LogP) is 3.74. The van der Waals surface area contributed by atoms with E-state index in [0.717, 1.165) is 0 Å². The second-order valence-corrected chi connectivity index (χ2v) is 9.77. The molecule has 0 spiro atoms. The normalized spacial score (nSPS) is 16.9. The summed E-state index contributed by atoms with van der Waals surface area (Å²) in [7, 11) is -2.97. The van der Waals surface area contributed by atoms with Crippen molar-refractivity contribution in [1.82, 2.24) is 14.8 Å². The molecule has 0 atom stereocenters. The monoisotopic (exact) mass is 438 g/mol. The third-order valence-corrected chi connectivity index (χ3v) is 7.15. The number of amides is 1. The van der Waals surface area contributed by atoms with Gasteiger partial charge in [0.05, 0.1) is 39.7 Å². The molecule has 1 aliphatic rings. The van der Waals surface area contributed by atoms with Crippen LogP contribution in [0.15, 0.2) is 36.7 Å². The zero-order chi connectivity index (χ0) is 19.9. The quantitative estimate of drug-likeness (QED) is 0.671. The molecule has 3 heterocycles. The van der Waals surface area contributed by atoms with Gasteiger partial charge in [0, 0.05) is 16.9 Å². The third-order valence-electron chi connectivity index (χ3n) is 4.77. The van der Waals surface area contributed by atoms with Crippen molar-refractivity contribution >= 4 is 55.7 Å². The van der Waals surface area contributed by atoms with E-state index in [1.165, 1.54) is 6.20 Å². The Morgan fingerprint density at radius 3 is 2.46 bits per heavy atom. The number of hydrogen-bond donors (Lipinski definition) is 1. The summed E-state index contributed by atoms with van der Waals surface area (Å²) < 4.78 is 25.0. The molecular weight excluding hydrogens is 423 g/mol. The van der Waals surface area contributed by atoms with Crippen LogP contribution in [0.4, 0.5) is 5.69 Å². The molecule has 10 heteroatoms. The zero-order valence-corrected chi connectivity index (χ0v) is 16.9. The predicted molar refractivity (Wildman–Crippen MR) is 109 cm³/mol. The van der Waals surface area contributed by atoms with Gasteiger partial charge in [-0.2, -0.15) is 5.10 Å². The Hall–Kier alpha value is -2.16. The molecule has 1 fully saturated rings. The van der Waals surface area contributed by atoms with E-state index in [0.29, 0.717) is 34.6 Å². The maximum absolute atomic E-state index is 12.6. The molecule has 146 valence electrons. The largest absolute Gasteiger partial charge is 0.322 e. The number of pyridine rings is 1. The van der Waals surface area contributed by atoms with E-state index in [4.69, 9.17) is 23.2 Å². The van der Waals surface area contributed by atoms with Gasteiger partial charge in [-0.3, -0.25) is 4.79 Å². The molecule has 0 saturated carbocycles. The van der Waals surface area contributed by atoms with Crippen molar-refractivity contribution in [2.75, 3.05) is 16.8 Å². The van der Waals surface area contributed by atoms with Gasteiger partial charge in [0.2, 0.25) is 0 Å². The summed E-state index contributed by atoms with van der Waals surface area (Å²) in [6.45, 7) is 0. The van der Waals surface area contributed by atoms with Crippen molar-refractivity contribution in [2.45, 2.75) is 18.9 Å². The summed E-state index contributed by atoms with van der Waals surface area (Å²) in [6.07, 6.45) is 3.94. The maximum atomic E-state index is 12.6. The number of benzene rings is 1. The van der Waals surface area contributed by atoms with E-state index in [1.807, 2.05) is 0 Å². The minimum atomic E-state index is -2.97. The Kier molecular flexibility index (Phi) is 5.03. The third kappa shape index (κ3) is 3.72. The summed E-state index contributed by atoms with van der Waals surface area (Å²) in [5, 5.41) is 8.49. The van der Waals surface area contributed by atoms with E-state index in [9.17, 15) is 13.2 Å². The van der Waals surface area contributed by atoms with Gasteiger partial charge in [-0.15, -0.1) is 0 Å². The van der Waals surface area contributed by atoms with Gasteiger partial charge in [-0.25, -0.2) is 18.1 Å². The summed E-state index contributed by atoms with van der Waals surface area (Å²) in [5.74, 6) is -0.124. The smallest absolute Gasteiger partial charge is 0.258 e. The van der Waals surface area contributed by atoms with Crippen molar-refractivity contribution < 1.29 is 13.2 Å². The van der Waals surface area contributed by atoms with Crippen molar-refractivity contribution in [3.05, 3.63) is 52.3 Å². The zero-order valence-electron chi connectivity index (χ0n) is 14.6. The molecule has 1 amide bonds. The molecule has 4 rings (SSSR count). The number of carbonyl (C=O) groups is 1. The first-order valence-corrected chi connectivity index (χ1v) is 11.2. The Morgan fingerprint density at radius 1 is 1.11 bits per heavy atom. The molecule has 3 aromatic rings. The van der Waals surface area contributed by atoms with E-state index in [2.05, 4.69) is 15.4 Å². The maximum Gasteiger partial charge on any atom is 0.258 e. The van der Waals surface area contributed by atoms with Gasteiger partial charge in [-0.1, -0.05) is 23.2 Å². The Balaban J connectivity index is 1.61. The van der Waals surface area contributed by atoms with Crippen LogP contribution >= 0.6 is 23.2 Å². The number of halogens is 2. The topological polar surface area (TPSA) is 93.9 Å². The summed E-state index contributed by atoms with van der Waals surface area (Å²) >= 11 is 12.3. The highest BCUT2D eigenvalue weighted by molar-refractivity contribution is 7.91. The molecule has 1 aromatic carbocycles. The average molecular weight is 439 g/mol. The lowest BCUT2D eigenvalue weighted by Crippen LogP contribution is -2.26. The highest BCUT2D eigenvalue weighted by Gasteiger charge is 2.27. The first kappa shape index (κ1) is 19.2. The minimum Gasteiger partial charge on any atom is -0.322 e. The molecule has 2 aromatic heterocycles. The van der Waals surface area contributed by atoms with Crippen LogP contribution in [0.3, 0.4) is 0 Å². The van der Waals surface area contributed by atoms with Gasteiger partial charge in [0.25, 0.3) is 5.91 Å². The number of sulfone groups is 1. The highest BCUT2D eigenvalue weighted by atomic mass is 35.5. The van der Waals surface area contributed by atoms with E-state index in [-0.39, 0.29) is 28.1 Å². The van der Waals surface area contributed by atoms with Crippen molar-refractivity contribution in [2.24, 2.45) is 0 Å². The van der Waals surface area contributed by atoms with Crippen LogP contribution in [-0.4, -0.2) is 40.6 Å². The number of anilines is 1. The van der Waals surface area contributed by atoms with Crippen LogP contribution in [0.1, 0.15) is 29.2 Å². The Labute approximate surface area is 171 Å². The average Bonchev–Trinajstić information content (AvgIpc) is 3.09. The first-order chi connectivity index (χ1) is 13.3. The number of carbonyl (C=O) groups excluding carboxylic acids is 1. The summed E-state index contributed by atoms with van der Waals surface area (Å²) in [6, 6.07) is 6.67. The number of nitrogens with zero attached hydrogens (tertiary/aromatic N) is 3. The molecule has 0 bridgehead atoms. The van der Waals surface area contributed by atoms with Crippen LogP contribution in [0.5, 0.6) is 0 Å². The molecule has 1 N–H and O–H groups in total. The molecule has 1 saturated heterocycles. The molecular formula is C18H16Cl2N4O3S.